The fourth-order valence-corrected chi connectivity index (χ4v) is 3.12. The number of benzene rings is 1. The molecule has 7 heteroatoms. The Balaban J connectivity index is 2.09. The second-order valence-electron chi connectivity index (χ2n) is 3.97. The minimum absolute atomic E-state index is 0.142. The van der Waals surface area contributed by atoms with Gasteiger partial charge in [-0.15, -0.1) is 0 Å². The van der Waals surface area contributed by atoms with Crippen molar-refractivity contribution in [2.45, 2.75) is 11.7 Å². The lowest BCUT2D eigenvalue weighted by Gasteiger charge is -2.11. The summed E-state index contributed by atoms with van der Waals surface area (Å²) < 4.78 is 31.6. The molecule has 1 unspecified atom stereocenters. The Morgan fingerprint density at radius 1 is 1.33 bits per heavy atom. The third-order valence-electron chi connectivity index (χ3n) is 2.67. The third-order valence-corrected chi connectivity index (χ3v) is 4.92. The molecule has 1 aliphatic rings. The maximum absolute atomic E-state index is 11.9. The molecule has 0 bridgehead atoms. The zero-order valence-corrected chi connectivity index (χ0v) is 11.8. The van der Waals surface area contributed by atoms with Gasteiger partial charge in [-0.25, -0.2) is 13.1 Å². The highest BCUT2D eigenvalue weighted by Gasteiger charge is 2.31. The van der Waals surface area contributed by atoms with Crippen molar-refractivity contribution in [2.24, 2.45) is 0 Å². The third kappa shape index (κ3) is 3.09. The molecule has 1 amide bonds. The molecule has 1 atom stereocenters. The summed E-state index contributed by atoms with van der Waals surface area (Å²) in [6.07, 6.45) is 0.420. The molecule has 1 fully saturated rings. The Morgan fingerprint density at radius 3 is 2.56 bits per heavy atom. The second-order valence-corrected chi connectivity index (χ2v) is 6.85. The highest BCUT2D eigenvalue weighted by Crippen LogP contribution is 2.14. The van der Waals surface area contributed by atoms with Gasteiger partial charge in [-0.1, -0.05) is 15.9 Å². The van der Waals surface area contributed by atoms with Crippen molar-refractivity contribution in [1.82, 2.24) is 4.72 Å². The lowest BCUT2D eigenvalue weighted by Crippen LogP contribution is -2.38. The molecule has 0 aromatic heterocycles. The van der Waals surface area contributed by atoms with Gasteiger partial charge in [0.1, 0.15) is 5.25 Å². The summed E-state index contributed by atoms with van der Waals surface area (Å²) in [5.41, 5.74) is 0.306. The van der Waals surface area contributed by atoms with E-state index in [-0.39, 0.29) is 6.61 Å². The standard InChI is InChI=1S/C11H12BrNO4S/c12-9-3-1-8(2-4-9)11(14)13-18(15,16)10-5-6-17-7-10/h1-4,10H,5-7H2,(H,13,14). The van der Waals surface area contributed by atoms with E-state index in [0.29, 0.717) is 18.6 Å². The molecule has 1 aromatic rings. The zero-order chi connectivity index (χ0) is 13.2. The van der Waals surface area contributed by atoms with Crippen LogP contribution in [0.2, 0.25) is 0 Å². The van der Waals surface area contributed by atoms with Gasteiger partial charge in [-0.2, -0.15) is 0 Å². The monoisotopic (exact) mass is 333 g/mol. The van der Waals surface area contributed by atoms with E-state index in [2.05, 4.69) is 20.7 Å². The molecule has 0 radical (unpaired) electrons. The normalized spacial score (nSPS) is 19.7. The first kappa shape index (κ1) is 13.5. The van der Waals surface area contributed by atoms with Crippen LogP contribution in [0.25, 0.3) is 0 Å². The molecule has 0 saturated carbocycles. The lowest BCUT2D eigenvalue weighted by atomic mass is 10.2. The summed E-state index contributed by atoms with van der Waals surface area (Å²) in [4.78, 5) is 11.8. The maximum atomic E-state index is 11.9. The maximum Gasteiger partial charge on any atom is 0.264 e. The summed E-state index contributed by atoms with van der Waals surface area (Å²) in [7, 11) is -3.65. The van der Waals surface area contributed by atoms with Crippen LogP contribution in [-0.4, -0.2) is 32.8 Å². The summed E-state index contributed by atoms with van der Waals surface area (Å²) >= 11 is 3.24. The van der Waals surface area contributed by atoms with E-state index in [1.165, 1.54) is 0 Å². The number of nitrogens with one attached hydrogen (secondary N) is 1. The number of halogens is 1. The van der Waals surface area contributed by atoms with Gasteiger partial charge in [0.15, 0.2) is 0 Å². The van der Waals surface area contributed by atoms with Crippen LogP contribution >= 0.6 is 15.9 Å². The Hall–Kier alpha value is -0.920. The summed E-state index contributed by atoms with van der Waals surface area (Å²) in [6.45, 7) is 0.557. The van der Waals surface area contributed by atoms with Crippen LogP contribution in [0.4, 0.5) is 0 Å². The van der Waals surface area contributed by atoms with Crippen molar-refractivity contribution >= 4 is 31.9 Å². The first-order valence-electron chi connectivity index (χ1n) is 5.38. The number of hydrogen-bond donors (Lipinski definition) is 1. The lowest BCUT2D eigenvalue weighted by molar-refractivity contribution is 0.0981. The largest absolute Gasteiger partial charge is 0.380 e. The molecular weight excluding hydrogens is 322 g/mol. The second kappa shape index (κ2) is 5.38. The Labute approximate surface area is 114 Å². The van der Waals surface area contributed by atoms with E-state index in [1.54, 1.807) is 24.3 Å². The van der Waals surface area contributed by atoms with Gasteiger partial charge >= 0.3 is 0 Å². The highest BCUT2D eigenvalue weighted by atomic mass is 79.9. The van der Waals surface area contributed by atoms with Crippen molar-refractivity contribution in [2.75, 3.05) is 13.2 Å². The Bertz CT molecular complexity index is 535. The molecule has 0 aliphatic carbocycles. The van der Waals surface area contributed by atoms with Crippen LogP contribution in [0.1, 0.15) is 16.8 Å². The number of carbonyl (C=O) groups is 1. The quantitative estimate of drug-likeness (QED) is 0.904. The number of sulfonamides is 1. The van der Waals surface area contributed by atoms with Crippen LogP contribution in [0.15, 0.2) is 28.7 Å². The number of carbonyl (C=O) groups excluding carboxylic acids is 1. The first-order chi connectivity index (χ1) is 8.49. The van der Waals surface area contributed by atoms with Crippen molar-refractivity contribution in [3.8, 4) is 0 Å². The van der Waals surface area contributed by atoms with Gasteiger partial charge < -0.3 is 4.74 Å². The van der Waals surface area contributed by atoms with Gasteiger partial charge in [-0.3, -0.25) is 4.79 Å². The summed E-state index contributed by atoms with van der Waals surface area (Å²) in [6, 6.07) is 6.47. The smallest absolute Gasteiger partial charge is 0.264 e. The van der Waals surface area contributed by atoms with Gasteiger partial charge in [0.05, 0.1) is 6.61 Å². The van der Waals surface area contributed by atoms with Gasteiger partial charge in [0, 0.05) is 16.6 Å². The van der Waals surface area contributed by atoms with Gasteiger partial charge in [-0.05, 0) is 30.7 Å². The average Bonchev–Trinajstić information content (AvgIpc) is 2.83. The molecule has 5 nitrogen and oxygen atoms in total. The van der Waals surface area contributed by atoms with E-state index in [9.17, 15) is 13.2 Å². The molecule has 2 rings (SSSR count). The van der Waals surface area contributed by atoms with Crippen molar-refractivity contribution in [3.05, 3.63) is 34.3 Å². The van der Waals surface area contributed by atoms with Crippen LogP contribution in [-0.2, 0) is 14.8 Å². The van der Waals surface area contributed by atoms with Crippen molar-refractivity contribution < 1.29 is 17.9 Å². The highest BCUT2D eigenvalue weighted by molar-refractivity contribution is 9.10. The molecule has 1 aliphatic heterocycles. The van der Waals surface area contributed by atoms with E-state index in [4.69, 9.17) is 4.74 Å². The topological polar surface area (TPSA) is 72.5 Å². The fraction of sp³-hybridized carbons (Fsp3) is 0.364. The molecule has 98 valence electrons. The number of amides is 1. The average molecular weight is 334 g/mol. The molecular formula is C11H12BrNO4S. The van der Waals surface area contributed by atoms with Gasteiger partial charge in [0.25, 0.3) is 5.91 Å². The van der Waals surface area contributed by atoms with E-state index >= 15 is 0 Å². The van der Waals surface area contributed by atoms with Crippen LogP contribution in [0.3, 0.4) is 0 Å². The molecule has 0 spiro atoms. The molecule has 1 N–H and O–H groups in total. The number of ether oxygens (including phenoxy) is 1. The molecule has 1 heterocycles. The molecule has 18 heavy (non-hydrogen) atoms. The van der Waals surface area contributed by atoms with E-state index < -0.39 is 21.2 Å². The SMILES string of the molecule is O=C(NS(=O)(=O)C1CCOC1)c1ccc(Br)cc1. The van der Waals surface area contributed by atoms with E-state index in [0.717, 1.165) is 4.47 Å². The summed E-state index contributed by atoms with van der Waals surface area (Å²) in [5.74, 6) is -0.616. The minimum atomic E-state index is -3.65. The van der Waals surface area contributed by atoms with E-state index in [1.807, 2.05) is 0 Å². The van der Waals surface area contributed by atoms with Gasteiger partial charge in [0.2, 0.25) is 10.0 Å². The van der Waals surface area contributed by atoms with Crippen LogP contribution in [0, 0.1) is 0 Å². The Morgan fingerprint density at radius 2 is 2.00 bits per heavy atom. The number of hydrogen-bond acceptors (Lipinski definition) is 4. The number of rotatable bonds is 3. The molecule has 1 aromatic carbocycles. The van der Waals surface area contributed by atoms with Crippen molar-refractivity contribution in [3.63, 3.8) is 0 Å². The van der Waals surface area contributed by atoms with Crippen LogP contribution in [0.5, 0.6) is 0 Å². The zero-order valence-electron chi connectivity index (χ0n) is 9.43. The summed E-state index contributed by atoms with van der Waals surface area (Å²) in [5, 5.41) is -0.642. The molecule has 1 saturated heterocycles. The minimum Gasteiger partial charge on any atom is -0.380 e. The first-order valence-corrected chi connectivity index (χ1v) is 7.72. The van der Waals surface area contributed by atoms with Crippen molar-refractivity contribution in [1.29, 1.82) is 0 Å². The Kier molecular flexibility index (Phi) is 4.04. The predicted molar refractivity (Wildman–Crippen MR) is 69.8 cm³/mol. The fourth-order valence-electron chi connectivity index (χ4n) is 1.63. The van der Waals surface area contributed by atoms with Crippen LogP contribution < -0.4 is 4.72 Å². The predicted octanol–water partition coefficient (Wildman–Crippen LogP) is 1.30.